The maximum Gasteiger partial charge on any atom is 0.230 e. The van der Waals surface area contributed by atoms with Crippen LogP contribution in [-0.2, 0) is 21.4 Å². The van der Waals surface area contributed by atoms with Crippen molar-refractivity contribution < 1.29 is 9.53 Å². The molecular formula is C19H29NO2. The van der Waals surface area contributed by atoms with Gasteiger partial charge in [0.1, 0.15) is 0 Å². The zero-order valence-corrected chi connectivity index (χ0v) is 14.0. The van der Waals surface area contributed by atoms with Gasteiger partial charge in [0, 0.05) is 19.8 Å². The standard InChI is InChI=1S/C19H29NO2/c1-3-4-14-22-15-8-13-20-18(21)19(2)12-7-10-16-9-5-6-11-17(16)19/h5-6,9,11H,3-4,7-8,10,12-15H2,1-2H3,(H,20,21)/t19-/m0/s1. The van der Waals surface area contributed by atoms with Crippen molar-refractivity contribution in [3.63, 3.8) is 0 Å². The Kier molecular flexibility index (Phi) is 6.44. The lowest BCUT2D eigenvalue weighted by atomic mass is 9.70. The first kappa shape index (κ1) is 17.0. The number of ether oxygens (including phenoxy) is 1. The van der Waals surface area contributed by atoms with E-state index in [0.717, 1.165) is 51.7 Å². The van der Waals surface area contributed by atoms with Gasteiger partial charge in [-0.2, -0.15) is 0 Å². The average Bonchev–Trinajstić information content (AvgIpc) is 2.54. The Balaban J connectivity index is 1.82. The first-order chi connectivity index (χ1) is 10.7. The van der Waals surface area contributed by atoms with Crippen LogP contribution >= 0.6 is 0 Å². The van der Waals surface area contributed by atoms with Crippen molar-refractivity contribution >= 4 is 5.91 Å². The molecule has 0 saturated carbocycles. The van der Waals surface area contributed by atoms with Crippen molar-refractivity contribution in [2.45, 2.75) is 57.8 Å². The monoisotopic (exact) mass is 303 g/mol. The molecule has 122 valence electrons. The van der Waals surface area contributed by atoms with Crippen LogP contribution in [0.4, 0.5) is 0 Å². The second-order valence-corrected chi connectivity index (χ2v) is 6.42. The van der Waals surface area contributed by atoms with Crippen molar-refractivity contribution in [2.75, 3.05) is 19.8 Å². The predicted molar refractivity (Wildman–Crippen MR) is 90.1 cm³/mol. The lowest BCUT2D eigenvalue weighted by Crippen LogP contribution is -2.44. The van der Waals surface area contributed by atoms with Gasteiger partial charge in [-0.15, -0.1) is 0 Å². The number of amides is 1. The molecule has 1 aromatic carbocycles. The van der Waals surface area contributed by atoms with E-state index >= 15 is 0 Å². The van der Waals surface area contributed by atoms with Crippen LogP contribution in [-0.4, -0.2) is 25.7 Å². The summed E-state index contributed by atoms with van der Waals surface area (Å²) in [5, 5.41) is 3.11. The molecule has 1 atom stereocenters. The first-order valence-corrected chi connectivity index (χ1v) is 8.63. The molecule has 1 aliphatic rings. The molecule has 1 aliphatic carbocycles. The van der Waals surface area contributed by atoms with Gasteiger partial charge in [-0.25, -0.2) is 0 Å². The van der Waals surface area contributed by atoms with Gasteiger partial charge in [-0.1, -0.05) is 37.6 Å². The predicted octanol–water partition coefficient (Wildman–Crippen LogP) is 3.60. The molecule has 1 amide bonds. The van der Waals surface area contributed by atoms with Gasteiger partial charge < -0.3 is 10.1 Å². The largest absolute Gasteiger partial charge is 0.381 e. The SMILES string of the molecule is CCCCOCCCNC(=O)[C@@]1(C)CCCc2ccccc21. The van der Waals surface area contributed by atoms with Crippen LogP contribution < -0.4 is 5.32 Å². The summed E-state index contributed by atoms with van der Waals surface area (Å²) < 4.78 is 5.53. The fourth-order valence-corrected chi connectivity index (χ4v) is 3.20. The van der Waals surface area contributed by atoms with E-state index < -0.39 is 0 Å². The third-order valence-corrected chi connectivity index (χ3v) is 4.63. The number of hydrogen-bond acceptors (Lipinski definition) is 2. The van der Waals surface area contributed by atoms with E-state index in [0.29, 0.717) is 6.54 Å². The molecule has 0 heterocycles. The van der Waals surface area contributed by atoms with Gasteiger partial charge in [0.15, 0.2) is 0 Å². The number of carbonyl (C=O) groups excluding carboxylic acids is 1. The number of hydrogen-bond donors (Lipinski definition) is 1. The van der Waals surface area contributed by atoms with Crippen LogP contribution in [0, 0.1) is 0 Å². The maximum atomic E-state index is 12.7. The fourth-order valence-electron chi connectivity index (χ4n) is 3.20. The molecule has 0 unspecified atom stereocenters. The number of carbonyl (C=O) groups is 1. The van der Waals surface area contributed by atoms with Crippen molar-refractivity contribution in [1.82, 2.24) is 5.32 Å². The summed E-state index contributed by atoms with van der Waals surface area (Å²) >= 11 is 0. The molecule has 0 bridgehead atoms. The first-order valence-electron chi connectivity index (χ1n) is 8.63. The lowest BCUT2D eigenvalue weighted by Gasteiger charge is -2.34. The fraction of sp³-hybridized carbons (Fsp3) is 0.632. The summed E-state index contributed by atoms with van der Waals surface area (Å²) in [4.78, 5) is 12.7. The highest BCUT2D eigenvalue weighted by atomic mass is 16.5. The Bertz CT molecular complexity index is 486. The highest BCUT2D eigenvalue weighted by Crippen LogP contribution is 2.37. The van der Waals surface area contributed by atoms with E-state index in [1.807, 2.05) is 6.07 Å². The van der Waals surface area contributed by atoms with Gasteiger partial charge in [-0.3, -0.25) is 4.79 Å². The summed E-state index contributed by atoms with van der Waals surface area (Å²) in [7, 11) is 0. The minimum absolute atomic E-state index is 0.160. The number of fused-ring (bicyclic) bond motifs is 1. The Morgan fingerprint density at radius 3 is 2.86 bits per heavy atom. The van der Waals surface area contributed by atoms with Crippen LogP contribution in [0.15, 0.2) is 24.3 Å². The number of unbranched alkanes of at least 4 members (excludes halogenated alkanes) is 1. The van der Waals surface area contributed by atoms with Gasteiger partial charge in [0.25, 0.3) is 0 Å². The normalized spacial score (nSPS) is 20.5. The van der Waals surface area contributed by atoms with E-state index in [-0.39, 0.29) is 11.3 Å². The Labute approximate surface area is 134 Å². The van der Waals surface area contributed by atoms with Crippen LogP contribution in [0.5, 0.6) is 0 Å². The number of rotatable bonds is 8. The molecule has 1 N–H and O–H groups in total. The van der Waals surface area contributed by atoms with E-state index in [9.17, 15) is 4.79 Å². The third kappa shape index (κ3) is 4.10. The molecule has 3 nitrogen and oxygen atoms in total. The minimum atomic E-state index is -0.377. The molecule has 0 aliphatic heterocycles. The molecule has 0 saturated heterocycles. The quantitative estimate of drug-likeness (QED) is 0.745. The second kappa shape index (κ2) is 8.33. The molecule has 2 rings (SSSR count). The summed E-state index contributed by atoms with van der Waals surface area (Å²) in [5.41, 5.74) is 2.16. The summed E-state index contributed by atoms with van der Waals surface area (Å²) in [5.74, 6) is 0.160. The molecule has 0 fully saturated rings. The van der Waals surface area contributed by atoms with Crippen LogP contribution in [0.2, 0.25) is 0 Å². The van der Waals surface area contributed by atoms with Gasteiger partial charge in [0.2, 0.25) is 5.91 Å². The Morgan fingerprint density at radius 2 is 2.05 bits per heavy atom. The van der Waals surface area contributed by atoms with E-state index in [1.54, 1.807) is 0 Å². The molecule has 0 spiro atoms. The smallest absolute Gasteiger partial charge is 0.230 e. The summed E-state index contributed by atoms with van der Waals surface area (Å²) in [6.45, 7) is 6.50. The molecule has 3 heteroatoms. The Morgan fingerprint density at radius 1 is 1.27 bits per heavy atom. The van der Waals surface area contributed by atoms with Crippen molar-refractivity contribution in [3.8, 4) is 0 Å². The van der Waals surface area contributed by atoms with E-state index in [4.69, 9.17) is 4.74 Å². The van der Waals surface area contributed by atoms with E-state index in [2.05, 4.69) is 37.4 Å². The molecule has 0 radical (unpaired) electrons. The zero-order chi connectivity index (χ0) is 15.8. The number of benzene rings is 1. The van der Waals surface area contributed by atoms with Crippen LogP contribution in [0.3, 0.4) is 0 Å². The van der Waals surface area contributed by atoms with Crippen LogP contribution in [0.25, 0.3) is 0 Å². The molecular weight excluding hydrogens is 274 g/mol. The summed E-state index contributed by atoms with van der Waals surface area (Å²) in [6.07, 6.45) is 6.26. The number of aryl methyl sites for hydroxylation is 1. The average molecular weight is 303 g/mol. The zero-order valence-electron chi connectivity index (χ0n) is 14.0. The van der Waals surface area contributed by atoms with Crippen molar-refractivity contribution in [2.24, 2.45) is 0 Å². The lowest BCUT2D eigenvalue weighted by molar-refractivity contribution is -0.126. The highest BCUT2D eigenvalue weighted by Gasteiger charge is 2.38. The van der Waals surface area contributed by atoms with Gasteiger partial charge in [-0.05, 0) is 50.2 Å². The molecule has 0 aromatic heterocycles. The molecule has 1 aromatic rings. The topological polar surface area (TPSA) is 38.3 Å². The number of nitrogens with one attached hydrogen (secondary N) is 1. The Hall–Kier alpha value is -1.35. The molecule has 22 heavy (non-hydrogen) atoms. The van der Waals surface area contributed by atoms with Crippen LogP contribution in [0.1, 0.15) is 57.1 Å². The minimum Gasteiger partial charge on any atom is -0.381 e. The third-order valence-electron chi connectivity index (χ3n) is 4.63. The van der Waals surface area contributed by atoms with Gasteiger partial charge in [0.05, 0.1) is 5.41 Å². The van der Waals surface area contributed by atoms with Crippen molar-refractivity contribution in [3.05, 3.63) is 35.4 Å². The highest BCUT2D eigenvalue weighted by molar-refractivity contribution is 5.88. The summed E-state index contributed by atoms with van der Waals surface area (Å²) in [6, 6.07) is 8.37. The van der Waals surface area contributed by atoms with Gasteiger partial charge >= 0.3 is 0 Å². The second-order valence-electron chi connectivity index (χ2n) is 6.42. The van der Waals surface area contributed by atoms with E-state index in [1.165, 1.54) is 11.1 Å². The van der Waals surface area contributed by atoms with Crippen molar-refractivity contribution in [1.29, 1.82) is 0 Å². The maximum absolute atomic E-state index is 12.7.